The second-order valence-corrected chi connectivity index (χ2v) is 8.07. The van der Waals surface area contributed by atoms with Crippen molar-refractivity contribution in [1.82, 2.24) is 10.2 Å². The van der Waals surface area contributed by atoms with Crippen LogP contribution in [0.5, 0.6) is 0 Å². The topological polar surface area (TPSA) is 72.0 Å². The Hall–Kier alpha value is -1.73. The van der Waals surface area contributed by atoms with Gasteiger partial charge in [0.1, 0.15) is 5.01 Å². The molecule has 0 atom stereocenters. The van der Waals surface area contributed by atoms with Gasteiger partial charge in [0.25, 0.3) is 10.0 Å². The minimum absolute atomic E-state index is 0.152. The SMILES string of the molecule is CC(C)(C)c1nnc(NS(=O)(=O)C=Cc2ccccc2)s1. The first kappa shape index (κ1) is 15.7. The smallest absolute Gasteiger partial charge is 0.254 e. The van der Waals surface area contributed by atoms with Crippen molar-refractivity contribution in [3.8, 4) is 0 Å². The van der Waals surface area contributed by atoms with E-state index in [9.17, 15) is 8.42 Å². The summed E-state index contributed by atoms with van der Waals surface area (Å²) in [6.07, 6.45) is 1.54. The van der Waals surface area contributed by atoms with E-state index < -0.39 is 10.0 Å². The number of sulfonamides is 1. The summed E-state index contributed by atoms with van der Waals surface area (Å²) in [5, 5.41) is 10.1. The number of hydrogen-bond acceptors (Lipinski definition) is 5. The summed E-state index contributed by atoms with van der Waals surface area (Å²) < 4.78 is 26.4. The Bertz CT molecular complexity index is 729. The number of aromatic nitrogens is 2. The molecule has 0 saturated carbocycles. The van der Waals surface area contributed by atoms with Crippen molar-refractivity contribution in [3.05, 3.63) is 46.3 Å². The molecule has 1 aromatic carbocycles. The van der Waals surface area contributed by atoms with E-state index >= 15 is 0 Å². The maximum atomic E-state index is 12.0. The molecule has 0 saturated heterocycles. The van der Waals surface area contributed by atoms with Crippen molar-refractivity contribution in [2.75, 3.05) is 4.72 Å². The van der Waals surface area contributed by atoms with Crippen molar-refractivity contribution in [1.29, 1.82) is 0 Å². The van der Waals surface area contributed by atoms with E-state index in [1.807, 2.05) is 51.1 Å². The quantitative estimate of drug-likeness (QED) is 0.937. The van der Waals surface area contributed by atoms with Crippen LogP contribution in [-0.4, -0.2) is 18.6 Å². The van der Waals surface area contributed by atoms with Crippen LogP contribution in [0.3, 0.4) is 0 Å². The lowest BCUT2D eigenvalue weighted by Gasteiger charge is -2.12. The van der Waals surface area contributed by atoms with Gasteiger partial charge < -0.3 is 0 Å². The van der Waals surface area contributed by atoms with Crippen molar-refractivity contribution < 1.29 is 8.42 Å². The van der Waals surface area contributed by atoms with E-state index in [-0.39, 0.29) is 10.5 Å². The molecule has 1 heterocycles. The van der Waals surface area contributed by atoms with Gasteiger partial charge in [-0.15, -0.1) is 10.2 Å². The Kier molecular flexibility index (Phi) is 4.43. The predicted molar refractivity (Wildman–Crippen MR) is 86.6 cm³/mol. The molecule has 7 heteroatoms. The van der Waals surface area contributed by atoms with Crippen molar-refractivity contribution in [2.24, 2.45) is 0 Å². The molecule has 0 amide bonds. The third kappa shape index (κ3) is 4.64. The number of rotatable bonds is 4. The van der Waals surface area contributed by atoms with E-state index in [0.717, 1.165) is 16.0 Å². The van der Waals surface area contributed by atoms with Gasteiger partial charge in [0.2, 0.25) is 5.13 Å². The largest absolute Gasteiger partial charge is 0.256 e. The third-order valence-electron chi connectivity index (χ3n) is 2.54. The third-order valence-corrected chi connectivity index (χ3v) is 4.90. The summed E-state index contributed by atoms with van der Waals surface area (Å²) in [5.74, 6) is 0. The first-order valence-electron chi connectivity index (χ1n) is 6.36. The zero-order valence-corrected chi connectivity index (χ0v) is 13.7. The molecule has 2 rings (SSSR count). The van der Waals surface area contributed by atoms with Crippen molar-refractivity contribution in [2.45, 2.75) is 26.2 Å². The fourth-order valence-corrected chi connectivity index (χ4v) is 3.31. The van der Waals surface area contributed by atoms with Gasteiger partial charge in [0.15, 0.2) is 0 Å². The van der Waals surface area contributed by atoms with E-state index in [2.05, 4.69) is 14.9 Å². The lowest BCUT2D eigenvalue weighted by molar-refractivity contribution is 0.578. The molecule has 0 aliphatic heterocycles. The van der Waals surface area contributed by atoms with Gasteiger partial charge in [0, 0.05) is 5.41 Å². The molecule has 1 aromatic heterocycles. The van der Waals surface area contributed by atoms with E-state index in [1.54, 1.807) is 0 Å². The van der Waals surface area contributed by atoms with Crippen LogP contribution >= 0.6 is 11.3 Å². The second kappa shape index (κ2) is 5.95. The molecule has 0 fully saturated rings. The number of nitrogens with one attached hydrogen (secondary N) is 1. The van der Waals surface area contributed by atoms with Crippen molar-refractivity contribution in [3.63, 3.8) is 0 Å². The van der Waals surface area contributed by atoms with Crippen LogP contribution in [0, 0.1) is 0 Å². The van der Waals surface area contributed by atoms with Crippen LogP contribution < -0.4 is 4.72 Å². The van der Waals surface area contributed by atoms with Crippen LogP contribution in [0.15, 0.2) is 35.7 Å². The molecule has 0 aliphatic carbocycles. The molecule has 0 unspecified atom stereocenters. The van der Waals surface area contributed by atoms with Gasteiger partial charge in [0.05, 0.1) is 5.41 Å². The fourth-order valence-electron chi connectivity index (χ4n) is 1.46. The first-order chi connectivity index (χ1) is 9.76. The summed E-state index contributed by atoms with van der Waals surface area (Å²) in [6.45, 7) is 6.00. The summed E-state index contributed by atoms with van der Waals surface area (Å²) in [7, 11) is -3.59. The van der Waals surface area contributed by atoms with Gasteiger partial charge >= 0.3 is 0 Å². The van der Waals surface area contributed by atoms with Crippen LogP contribution in [-0.2, 0) is 15.4 Å². The molecule has 0 spiro atoms. The highest BCUT2D eigenvalue weighted by molar-refractivity contribution is 7.95. The monoisotopic (exact) mass is 323 g/mol. The lowest BCUT2D eigenvalue weighted by atomic mass is 9.98. The van der Waals surface area contributed by atoms with Crippen LogP contribution in [0.1, 0.15) is 31.3 Å². The Morgan fingerprint density at radius 2 is 1.81 bits per heavy atom. The highest BCUT2D eigenvalue weighted by atomic mass is 32.2. The number of anilines is 1. The maximum Gasteiger partial charge on any atom is 0.256 e. The normalized spacial score (nSPS) is 12.7. The molecule has 2 aromatic rings. The van der Waals surface area contributed by atoms with Crippen LogP contribution in [0.25, 0.3) is 6.08 Å². The number of benzene rings is 1. The minimum atomic E-state index is -3.59. The van der Waals surface area contributed by atoms with Crippen LogP contribution in [0.4, 0.5) is 5.13 Å². The second-order valence-electron chi connectivity index (χ2n) is 5.52. The Labute approximate surface area is 128 Å². The van der Waals surface area contributed by atoms with Gasteiger partial charge in [-0.05, 0) is 11.6 Å². The minimum Gasteiger partial charge on any atom is -0.254 e. The highest BCUT2D eigenvalue weighted by Gasteiger charge is 2.20. The fraction of sp³-hybridized carbons (Fsp3) is 0.286. The summed E-state index contributed by atoms with van der Waals surface area (Å²) >= 11 is 1.24. The van der Waals surface area contributed by atoms with E-state index in [0.29, 0.717) is 0 Å². The Balaban J connectivity index is 2.11. The number of hydrogen-bond donors (Lipinski definition) is 1. The average Bonchev–Trinajstić information content (AvgIpc) is 2.85. The van der Waals surface area contributed by atoms with Crippen molar-refractivity contribution >= 4 is 32.6 Å². The first-order valence-corrected chi connectivity index (χ1v) is 8.72. The molecule has 21 heavy (non-hydrogen) atoms. The summed E-state index contributed by atoms with van der Waals surface area (Å²) in [4.78, 5) is 0. The maximum absolute atomic E-state index is 12.0. The highest BCUT2D eigenvalue weighted by Crippen LogP contribution is 2.28. The van der Waals surface area contributed by atoms with Gasteiger partial charge in [-0.3, -0.25) is 4.72 Å². The molecular formula is C14H17N3O2S2. The Morgan fingerprint density at radius 1 is 1.14 bits per heavy atom. The van der Waals surface area contributed by atoms with Gasteiger partial charge in [-0.2, -0.15) is 0 Å². The Morgan fingerprint density at radius 3 is 2.38 bits per heavy atom. The zero-order valence-electron chi connectivity index (χ0n) is 12.1. The van der Waals surface area contributed by atoms with Crippen LogP contribution in [0.2, 0.25) is 0 Å². The van der Waals surface area contributed by atoms with E-state index in [1.165, 1.54) is 17.4 Å². The van der Waals surface area contributed by atoms with E-state index in [4.69, 9.17) is 0 Å². The lowest BCUT2D eigenvalue weighted by Crippen LogP contribution is -2.10. The average molecular weight is 323 g/mol. The summed E-state index contributed by atoms with van der Waals surface area (Å²) in [5.41, 5.74) is 0.664. The molecule has 0 bridgehead atoms. The molecule has 112 valence electrons. The predicted octanol–water partition coefficient (Wildman–Crippen LogP) is 3.25. The van der Waals surface area contributed by atoms with Gasteiger partial charge in [-0.25, -0.2) is 8.42 Å². The zero-order chi connectivity index (χ0) is 15.5. The molecule has 1 N–H and O–H groups in total. The summed E-state index contributed by atoms with van der Waals surface area (Å²) in [6, 6.07) is 9.23. The standard InChI is InChI=1S/C14H17N3O2S2/c1-14(2,3)12-15-16-13(20-12)17-21(18,19)10-9-11-7-5-4-6-8-11/h4-10H,1-3H3,(H,16,17). The molecule has 5 nitrogen and oxygen atoms in total. The molecule has 0 aliphatic rings. The number of nitrogens with zero attached hydrogens (tertiary/aromatic N) is 2. The molecule has 0 radical (unpaired) electrons. The van der Waals surface area contributed by atoms with Gasteiger partial charge in [-0.1, -0.05) is 62.4 Å². The molecular weight excluding hydrogens is 306 g/mol.